The molecular formula is C39H45IN6O8S2. The second-order valence-corrected chi connectivity index (χ2v) is 17.8. The first-order valence-corrected chi connectivity index (χ1v) is 20.9. The minimum atomic E-state index is -4.42. The first-order chi connectivity index (χ1) is 26.7. The van der Waals surface area contributed by atoms with Crippen LogP contribution >= 0.6 is 34.4 Å². The third-order valence-corrected chi connectivity index (χ3v) is 12.9. The van der Waals surface area contributed by atoms with E-state index in [4.69, 9.17) is 14.2 Å². The fraction of sp³-hybridized carbons (Fsp3) is 0.333. The summed E-state index contributed by atoms with van der Waals surface area (Å²) in [6.45, 7) is 5.01. The van der Waals surface area contributed by atoms with Gasteiger partial charge >= 0.3 is 6.09 Å². The van der Waals surface area contributed by atoms with E-state index in [2.05, 4.69) is 38.0 Å². The normalized spacial score (nSPS) is 12.4. The van der Waals surface area contributed by atoms with Gasteiger partial charge in [0.15, 0.2) is 0 Å². The van der Waals surface area contributed by atoms with Crippen molar-refractivity contribution in [3.63, 3.8) is 0 Å². The summed E-state index contributed by atoms with van der Waals surface area (Å²) < 4.78 is 48.8. The maximum Gasteiger partial charge on any atom is 0.408 e. The van der Waals surface area contributed by atoms with Gasteiger partial charge in [-0.25, -0.2) is 13.2 Å². The number of aromatic nitrogens is 4. The number of carbonyl (C=O) groups is 1. The number of aliphatic hydroxyl groups excluding tert-OH is 1. The average Bonchev–Trinajstić information content (AvgIpc) is 3.64. The molecule has 0 aliphatic rings. The lowest BCUT2D eigenvalue weighted by molar-refractivity contribution is 0.0549. The summed E-state index contributed by atoms with van der Waals surface area (Å²) >= 11 is 3.21. The number of amides is 1. The van der Waals surface area contributed by atoms with Crippen LogP contribution in [-0.2, 0) is 29.7 Å². The lowest BCUT2D eigenvalue weighted by atomic mass is 10.0. The van der Waals surface area contributed by atoms with Crippen molar-refractivity contribution >= 4 is 50.5 Å². The van der Waals surface area contributed by atoms with Gasteiger partial charge in [0.05, 0.1) is 46.1 Å². The summed E-state index contributed by atoms with van der Waals surface area (Å²) in [6, 6.07) is 24.4. The number of benzene rings is 4. The van der Waals surface area contributed by atoms with Crippen molar-refractivity contribution < 1.29 is 37.6 Å². The number of rotatable bonds is 17. The van der Waals surface area contributed by atoms with Gasteiger partial charge < -0.3 is 24.4 Å². The monoisotopic (exact) mass is 916 g/mol. The van der Waals surface area contributed by atoms with E-state index in [-0.39, 0.29) is 41.7 Å². The number of hydrogen-bond donors (Lipinski definition) is 2. The Kier molecular flexibility index (Phi) is 14.2. The van der Waals surface area contributed by atoms with Gasteiger partial charge in [0.25, 0.3) is 0 Å². The predicted molar refractivity (Wildman–Crippen MR) is 222 cm³/mol. The van der Waals surface area contributed by atoms with Crippen LogP contribution in [0.4, 0.5) is 4.79 Å². The van der Waals surface area contributed by atoms with Gasteiger partial charge in [-0.2, -0.15) is 9.10 Å². The van der Waals surface area contributed by atoms with Gasteiger partial charge in [-0.15, -0.1) is 22.0 Å². The lowest BCUT2D eigenvalue weighted by Gasteiger charge is -2.38. The van der Waals surface area contributed by atoms with Crippen molar-refractivity contribution in [2.24, 2.45) is 0 Å². The quantitative estimate of drug-likeness (QED) is 0.0755. The Labute approximate surface area is 345 Å². The molecule has 5 rings (SSSR count). The highest BCUT2D eigenvalue weighted by molar-refractivity contribution is 14.1. The summed E-state index contributed by atoms with van der Waals surface area (Å²) in [5.74, 6) is 2.11. The Morgan fingerprint density at radius 3 is 1.79 bits per heavy atom. The van der Waals surface area contributed by atoms with Crippen molar-refractivity contribution in [2.75, 3.05) is 33.7 Å². The van der Waals surface area contributed by atoms with E-state index < -0.39 is 34.3 Å². The highest BCUT2D eigenvalue weighted by Gasteiger charge is 2.36. The zero-order chi connectivity index (χ0) is 40.6. The fourth-order valence-corrected chi connectivity index (χ4v) is 10.1. The van der Waals surface area contributed by atoms with E-state index in [9.17, 15) is 15.0 Å². The highest BCUT2D eigenvalue weighted by atomic mass is 127. The van der Waals surface area contributed by atoms with E-state index in [0.717, 1.165) is 28.5 Å². The second kappa shape index (κ2) is 18.7. The van der Waals surface area contributed by atoms with Crippen molar-refractivity contribution in [1.29, 1.82) is 0 Å². The molecule has 0 aliphatic heterocycles. The highest BCUT2D eigenvalue weighted by Crippen LogP contribution is 2.40. The van der Waals surface area contributed by atoms with Crippen LogP contribution in [0.5, 0.6) is 17.2 Å². The molecule has 5 aromatic rings. The number of halogens is 1. The average molecular weight is 917 g/mol. The van der Waals surface area contributed by atoms with Gasteiger partial charge in [-0.05, 0) is 114 Å². The lowest BCUT2D eigenvalue weighted by Crippen LogP contribution is -2.53. The summed E-state index contributed by atoms with van der Waals surface area (Å²) in [4.78, 5) is 15.3. The molecule has 0 aliphatic carbocycles. The summed E-state index contributed by atoms with van der Waals surface area (Å²) in [5.41, 5.74) is 1.72. The molecule has 298 valence electrons. The predicted octanol–water partition coefficient (Wildman–Crippen LogP) is 6.64. The number of carboxylic acid groups (broad SMARTS) is 1. The third kappa shape index (κ3) is 10.3. The second-order valence-electron chi connectivity index (χ2n) is 13.7. The molecular weight excluding hydrogens is 872 g/mol. The van der Waals surface area contributed by atoms with Gasteiger partial charge in [-0.3, -0.25) is 4.90 Å². The molecule has 0 spiro atoms. The van der Waals surface area contributed by atoms with E-state index in [1.54, 1.807) is 78.5 Å². The molecule has 0 fully saturated rings. The molecule has 0 radical (unpaired) electrons. The van der Waals surface area contributed by atoms with Crippen LogP contribution in [0.25, 0.3) is 11.4 Å². The number of methoxy groups -OCH3 is 3. The molecule has 0 unspecified atom stereocenters. The molecule has 1 heterocycles. The van der Waals surface area contributed by atoms with Gasteiger partial charge in [0, 0.05) is 32.8 Å². The summed E-state index contributed by atoms with van der Waals surface area (Å²) in [5, 5.41) is 33.9. The zero-order valence-corrected chi connectivity index (χ0v) is 35.7. The van der Waals surface area contributed by atoms with Crippen LogP contribution in [0.1, 0.15) is 37.5 Å². The molecule has 1 aromatic heterocycles. The SMILES string of the molecule is COc1ccc(CN(Cc2ccc(OC)cc2)S(=O)(=O)c2c(SC[C@H](CO)N(C(=O)O)C(C)(C)C)ccc(I)c2-c2nnn(Cc3ccc(OC)cc3)n2)cc1. The van der Waals surface area contributed by atoms with Crippen LogP contribution in [0.15, 0.2) is 94.7 Å². The number of aliphatic hydroxyl groups is 1. The van der Waals surface area contributed by atoms with Crippen LogP contribution in [0.2, 0.25) is 0 Å². The molecule has 2 N–H and O–H groups in total. The van der Waals surface area contributed by atoms with E-state index in [0.29, 0.717) is 25.7 Å². The summed E-state index contributed by atoms with van der Waals surface area (Å²) in [6.07, 6.45) is -1.20. The number of sulfonamides is 1. The standard InChI is InChI=1S/C39H45IN6O8S2/c1-39(2,3)46(38(48)49)29(24-47)25-55-34-20-19-33(40)35(37-41-43-45(42-37)23-28-11-17-32(54-6)18-12-28)36(34)56(50,51)44(21-26-7-13-30(52-4)14-8-26)22-27-9-15-31(53-5)16-10-27/h7-20,29,47H,21-25H2,1-6H3,(H,48,49)/t29-/m0/s1. The van der Waals surface area contributed by atoms with E-state index in [1.807, 2.05) is 48.5 Å². The Hall–Kier alpha value is -4.43. The Balaban J connectivity index is 1.65. The van der Waals surface area contributed by atoms with Crippen molar-refractivity contribution in [3.8, 4) is 28.6 Å². The largest absolute Gasteiger partial charge is 0.497 e. The fourth-order valence-electron chi connectivity index (χ4n) is 6.03. The molecule has 0 saturated carbocycles. The summed E-state index contributed by atoms with van der Waals surface area (Å²) in [7, 11) is 0.298. The maximum atomic E-state index is 15.4. The number of hydrogen-bond acceptors (Lipinski definition) is 11. The van der Waals surface area contributed by atoms with Crippen LogP contribution in [-0.4, -0.2) is 99.4 Å². The topological polar surface area (TPSA) is 169 Å². The first-order valence-electron chi connectivity index (χ1n) is 17.4. The number of ether oxygens (including phenoxy) is 3. The number of tetrazole rings is 1. The minimum absolute atomic E-state index is 0.00104. The Morgan fingerprint density at radius 2 is 1.34 bits per heavy atom. The minimum Gasteiger partial charge on any atom is -0.497 e. The van der Waals surface area contributed by atoms with Crippen LogP contribution in [0, 0.1) is 3.57 Å². The molecule has 0 bridgehead atoms. The van der Waals surface area contributed by atoms with Crippen molar-refractivity contribution in [2.45, 2.75) is 61.8 Å². The number of thioether (sulfide) groups is 1. The number of nitrogens with zero attached hydrogens (tertiary/aromatic N) is 6. The third-order valence-electron chi connectivity index (χ3n) is 8.80. The van der Waals surface area contributed by atoms with Gasteiger partial charge in [0.2, 0.25) is 15.8 Å². The maximum absolute atomic E-state index is 15.4. The molecule has 17 heteroatoms. The van der Waals surface area contributed by atoms with Gasteiger partial charge in [0.1, 0.15) is 22.1 Å². The van der Waals surface area contributed by atoms with Crippen molar-refractivity contribution in [3.05, 3.63) is 105 Å². The molecule has 1 amide bonds. The van der Waals surface area contributed by atoms with Crippen LogP contribution in [0.3, 0.4) is 0 Å². The molecule has 0 saturated heterocycles. The first kappa shape index (κ1) is 42.7. The van der Waals surface area contributed by atoms with E-state index >= 15 is 8.42 Å². The smallest absolute Gasteiger partial charge is 0.408 e. The molecule has 14 nitrogen and oxygen atoms in total. The van der Waals surface area contributed by atoms with E-state index in [1.165, 1.54) is 14.0 Å². The van der Waals surface area contributed by atoms with Gasteiger partial charge in [-0.1, -0.05) is 36.4 Å². The Morgan fingerprint density at radius 1 is 0.839 bits per heavy atom. The zero-order valence-electron chi connectivity index (χ0n) is 31.9. The molecule has 1 atom stereocenters. The molecule has 56 heavy (non-hydrogen) atoms. The van der Waals surface area contributed by atoms with Crippen LogP contribution < -0.4 is 14.2 Å². The van der Waals surface area contributed by atoms with Crippen molar-refractivity contribution in [1.82, 2.24) is 29.4 Å². The Bertz CT molecular complexity index is 2150. The molecule has 4 aromatic carbocycles.